The van der Waals surface area contributed by atoms with Crippen LogP contribution in [0.25, 0.3) is 10.8 Å². The van der Waals surface area contributed by atoms with Crippen molar-refractivity contribution >= 4 is 22.4 Å². The zero-order valence-corrected chi connectivity index (χ0v) is 19.2. The molecule has 5 heteroatoms. The molecule has 0 aliphatic carbocycles. The average Bonchev–Trinajstić information content (AvgIpc) is 2.76. The van der Waals surface area contributed by atoms with Gasteiger partial charge in [0.2, 0.25) is 0 Å². The van der Waals surface area contributed by atoms with Gasteiger partial charge in [0.05, 0.1) is 6.04 Å². The summed E-state index contributed by atoms with van der Waals surface area (Å²) in [6.45, 7) is 5.39. The van der Waals surface area contributed by atoms with E-state index in [1.807, 2.05) is 65.3 Å². The second-order valence-electron chi connectivity index (χ2n) is 8.50. The maximum Gasteiger partial charge on any atom is 0.252 e. The Morgan fingerprint density at radius 2 is 1.74 bits per heavy atom. The van der Waals surface area contributed by atoms with E-state index in [1.165, 1.54) is 10.8 Å². The van der Waals surface area contributed by atoms with Crippen molar-refractivity contribution in [1.29, 1.82) is 0 Å². The first-order valence-corrected chi connectivity index (χ1v) is 10.8. The van der Waals surface area contributed by atoms with E-state index < -0.39 is 0 Å². The Balaban J connectivity index is 1.80. The van der Waals surface area contributed by atoms with Crippen molar-refractivity contribution in [2.24, 2.45) is 5.73 Å². The van der Waals surface area contributed by atoms with Gasteiger partial charge in [-0.25, -0.2) is 0 Å². The lowest BCUT2D eigenvalue weighted by atomic mass is 9.99. The molecule has 0 radical (unpaired) electrons. The maximum atomic E-state index is 13.2. The first kappa shape index (κ1) is 22.8. The molecule has 31 heavy (non-hydrogen) atoms. The van der Waals surface area contributed by atoms with E-state index in [1.54, 1.807) is 0 Å². The Hall–Kier alpha value is -2.89. The van der Waals surface area contributed by atoms with Crippen LogP contribution in [0, 0.1) is 6.92 Å². The molecule has 5 nitrogen and oxygen atoms in total. The summed E-state index contributed by atoms with van der Waals surface area (Å²) in [5.74, 6) is -0.0591. The highest BCUT2D eigenvalue weighted by molar-refractivity contribution is 5.97. The quantitative estimate of drug-likeness (QED) is 0.581. The summed E-state index contributed by atoms with van der Waals surface area (Å²) in [5.41, 5.74) is 9.71. The number of nitrogens with zero attached hydrogens (tertiary/aromatic N) is 2. The minimum Gasteiger partial charge on any atom is -0.373 e. The number of nitrogens with two attached hydrogens (primary N) is 1. The minimum atomic E-state index is -0.102. The molecule has 0 aliphatic heterocycles. The second kappa shape index (κ2) is 9.94. The number of aryl methyl sites for hydroxylation is 1. The molecule has 3 N–H and O–H groups in total. The van der Waals surface area contributed by atoms with Crippen molar-refractivity contribution in [2.45, 2.75) is 25.9 Å². The van der Waals surface area contributed by atoms with Gasteiger partial charge in [-0.3, -0.25) is 4.79 Å². The third-order valence-electron chi connectivity index (χ3n) is 6.03. The van der Waals surface area contributed by atoms with Gasteiger partial charge in [-0.1, -0.05) is 48.5 Å². The summed E-state index contributed by atoms with van der Waals surface area (Å²) < 4.78 is 0. The van der Waals surface area contributed by atoms with Crippen molar-refractivity contribution in [3.8, 4) is 0 Å². The van der Waals surface area contributed by atoms with Crippen LogP contribution in [0.4, 0.5) is 5.69 Å². The summed E-state index contributed by atoms with van der Waals surface area (Å²) in [6.07, 6.45) is 0. The topological polar surface area (TPSA) is 61.6 Å². The molecule has 0 saturated carbocycles. The average molecular weight is 419 g/mol. The van der Waals surface area contributed by atoms with Crippen LogP contribution >= 0.6 is 0 Å². The molecule has 3 aromatic carbocycles. The molecule has 0 aromatic heterocycles. The first-order chi connectivity index (χ1) is 14.8. The minimum absolute atomic E-state index is 0.0591. The Morgan fingerprint density at radius 1 is 1.03 bits per heavy atom. The molecular weight excluding hydrogens is 384 g/mol. The highest BCUT2D eigenvalue weighted by atomic mass is 16.1. The van der Waals surface area contributed by atoms with Crippen LogP contribution in [0.3, 0.4) is 0 Å². The zero-order valence-electron chi connectivity index (χ0n) is 19.2. The predicted octanol–water partition coefficient (Wildman–Crippen LogP) is 3.96. The van der Waals surface area contributed by atoms with Crippen LogP contribution in [-0.2, 0) is 0 Å². The second-order valence-corrected chi connectivity index (χ2v) is 8.50. The molecule has 1 amide bonds. The van der Waals surface area contributed by atoms with Gasteiger partial charge in [-0.2, -0.15) is 0 Å². The highest BCUT2D eigenvalue weighted by Crippen LogP contribution is 2.25. The van der Waals surface area contributed by atoms with E-state index in [9.17, 15) is 4.79 Å². The molecule has 164 valence electrons. The van der Waals surface area contributed by atoms with Gasteiger partial charge in [-0.15, -0.1) is 0 Å². The molecular formula is C26H34N4O. The van der Waals surface area contributed by atoms with Crippen molar-refractivity contribution in [3.63, 3.8) is 0 Å². The standard InChI is InChI=1S/C26H34N4O/c1-18-13-14-21(30(5)17-22(16-27)29(3)4)15-25(18)26(31)28-19(2)23-12-8-10-20-9-6-7-11-24(20)23/h6-15,19,22H,16-17,27H2,1-5H3,(H,28,31)/t19-,22+/m1/s1. The van der Waals surface area contributed by atoms with Crippen LogP contribution in [0.1, 0.15) is 34.5 Å². The van der Waals surface area contributed by atoms with Crippen LogP contribution in [0.5, 0.6) is 0 Å². The maximum absolute atomic E-state index is 13.2. The van der Waals surface area contributed by atoms with E-state index in [0.717, 1.165) is 23.4 Å². The third kappa shape index (κ3) is 5.24. The predicted molar refractivity (Wildman–Crippen MR) is 131 cm³/mol. The van der Waals surface area contributed by atoms with Crippen LogP contribution in [0.2, 0.25) is 0 Å². The van der Waals surface area contributed by atoms with Gasteiger partial charge in [0.25, 0.3) is 5.91 Å². The summed E-state index contributed by atoms with van der Waals surface area (Å²) in [4.78, 5) is 17.5. The molecule has 0 fully saturated rings. The number of hydrogen-bond donors (Lipinski definition) is 2. The van der Waals surface area contributed by atoms with E-state index in [4.69, 9.17) is 5.73 Å². The summed E-state index contributed by atoms with van der Waals surface area (Å²) in [7, 11) is 6.11. The van der Waals surface area contributed by atoms with Gasteiger partial charge in [0.1, 0.15) is 0 Å². The van der Waals surface area contributed by atoms with Crippen LogP contribution in [-0.4, -0.2) is 51.1 Å². The van der Waals surface area contributed by atoms with Gasteiger partial charge >= 0.3 is 0 Å². The Labute approximate surface area is 185 Å². The highest BCUT2D eigenvalue weighted by Gasteiger charge is 2.18. The fraction of sp³-hybridized carbons (Fsp3) is 0.346. The number of amides is 1. The monoisotopic (exact) mass is 418 g/mol. The number of benzene rings is 3. The number of fused-ring (bicyclic) bond motifs is 1. The zero-order chi connectivity index (χ0) is 22.5. The van der Waals surface area contributed by atoms with E-state index in [0.29, 0.717) is 12.1 Å². The number of nitrogens with one attached hydrogen (secondary N) is 1. The molecule has 0 aliphatic rings. The number of hydrogen-bond acceptors (Lipinski definition) is 4. The smallest absolute Gasteiger partial charge is 0.252 e. The lowest BCUT2D eigenvalue weighted by Gasteiger charge is -2.29. The summed E-state index contributed by atoms with van der Waals surface area (Å²) in [6, 6.07) is 20.7. The normalized spacial score (nSPS) is 13.3. The molecule has 3 aromatic rings. The van der Waals surface area contributed by atoms with Gasteiger partial charge in [0, 0.05) is 37.4 Å². The van der Waals surface area contributed by atoms with Crippen molar-refractivity contribution < 1.29 is 4.79 Å². The summed E-state index contributed by atoms with van der Waals surface area (Å²) in [5, 5.41) is 5.54. The fourth-order valence-electron chi connectivity index (χ4n) is 3.94. The third-order valence-corrected chi connectivity index (χ3v) is 6.03. The van der Waals surface area contributed by atoms with E-state index in [-0.39, 0.29) is 18.0 Å². The molecule has 2 atom stereocenters. The van der Waals surface area contributed by atoms with Gasteiger partial charge in [-0.05, 0) is 62.0 Å². The van der Waals surface area contributed by atoms with Crippen molar-refractivity contribution in [1.82, 2.24) is 10.2 Å². The first-order valence-electron chi connectivity index (χ1n) is 10.8. The molecule has 0 spiro atoms. The molecule has 0 heterocycles. The summed E-state index contributed by atoms with van der Waals surface area (Å²) >= 11 is 0. The molecule has 3 rings (SSSR count). The lowest BCUT2D eigenvalue weighted by Crippen LogP contribution is -2.43. The molecule has 0 saturated heterocycles. The van der Waals surface area contributed by atoms with E-state index in [2.05, 4.69) is 45.4 Å². The lowest BCUT2D eigenvalue weighted by molar-refractivity contribution is 0.0939. The molecule has 0 unspecified atom stereocenters. The number of carbonyl (C=O) groups excluding carboxylic acids is 1. The van der Waals surface area contributed by atoms with Crippen molar-refractivity contribution in [2.75, 3.05) is 39.1 Å². The van der Waals surface area contributed by atoms with Crippen molar-refractivity contribution in [3.05, 3.63) is 77.4 Å². The molecule has 0 bridgehead atoms. The van der Waals surface area contributed by atoms with Crippen LogP contribution in [0.15, 0.2) is 60.7 Å². The number of anilines is 1. The Morgan fingerprint density at radius 3 is 2.45 bits per heavy atom. The Bertz CT molecular complexity index is 1040. The number of carbonyl (C=O) groups is 1. The fourth-order valence-corrected chi connectivity index (χ4v) is 3.94. The largest absolute Gasteiger partial charge is 0.373 e. The SMILES string of the molecule is Cc1ccc(N(C)C[C@H](CN)N(C)C)cc1C(=O)N[C@H](C)c1cccc2ccccc12. The van der Waals surface area contributed by atoms with Gasteiger partial charge < -0.3 is 20.9 Å². The number of likely N-dealkylation sites (N-methyl/N-ethyl adjacent to an activating group) is 2. The van der Waals surface area contributed by atoms with E-state index >= 15 is 0 Å². The number of rotatable bonds is 8. The Kier molecular flexibility index (Phi) is 7.31. The van der Waals surface area contributed by atoms with Gasteiger partial charge in [0.15, 0.2) is 0 Å². The van der Waals surface area contributed by atoms with Crippen LogP contribution < -0.4 is 16.0 Å².